The zero-order valence-corrected chi connectivity index (χ0v) is 23.0. The van der Waals surface area contributed by atoms with E-state index in [1.165, 1.54) is 12.1 Å². The van der Waals surface area contributed by atoms with Crippen molar-refractivity contribution in [1.29, 1.82) is 0 Å². The molecular formula is C28H34N8O3. The Bertz CT molecular complexity index is 1570. The number of nitro groups is 1. The van der Waals surface area contributed by atoms with Crippen LogP contribution in [0.15, 0.2) is 47.3 Å². The highest BCUT2D eigenvalue weighted by molar-refractivity contribution is 5.83. The fourth-order valence-electron chi connectivity index (χ4n) is 5.21. The first-order chi connectivity index (χ1) is 18.6. The maximum absolute atomic E-state index is 13.7. The summed E-state index contributed by atoms with van der Waals surface area (Å²) in [6, 6.07) is 12.3. The van der Waals surface area contributed by atoms with Gasteiger partial charge in [0.25, 0.3) is 11.2 Å². The number of non-ortho nitro benzene ring substituents is 1. The van der Waals surface area contributed by atoms with Gasteiger partial charge >= 0.3 is 0 Å². The molecule has 1 aliphatic heterocycles. The zero-order chi connectivity index (χ0) is 27.9. The lowest BCUT2D eigenvalue weighted by Crippen LogP contribution is -2.49. The summed E-state index contributed by atoms with van der Waals surface area (Å²) >= 11 is 0. The summed E-state index contributed by atoms with van der Waals surface area (Å²) in [5.41, 5.74) is 4.15. The van der Waals surface area contributed by atoms with Crippen molar-refractivity contribution < 1.29 is 4.92 Å². The van der Waals surface area contributed by atoms with Crippen LogP contribution in [0.4, 0.5) is 11.4 Å². The third-order valence-corrected chi connectivity index (χ3v) is 8.16. The van der Waals surface area contributed by atoms with Crippen molar-refractivity contribution in [3.8, 4) is 0 Å². The summed E-state index contributed by atoms with van der Waals surface area (Å²) in [6.07, 6.45) is 0.818. The van der Waals surface area contributed by atoms with Crippen molar-refractivity contribution in [3.05, 3.63) is 85.4 Å². The molecule has 0 saturated carbocycles. The highest BCUT2D eigenvalue weighted by Gasteiger charge is 2.35. The van der Waals surface area contributed by atoms with E-state index in [1.807, 2.05) is 30.7 Å². The Balaban J connectivity index is 1.54. The molecule has 1 saturated heterocycles. The second-order valence-electron chi connectivity index (χ2n) is 10.8. The van der Waals surface area contributed by atoms with Crippen LogP contribution < -0.4 is 10.5 Å². The van der Waals surface area contributed by atoms with Crippen LogP contribution in [0.5, 0.6) is 0 Å². The minimum Gasteiger partial charge on any atom is -0.369 e. The molecule has 204 valence electrons. The Labute approximate surface area is 226 Å². The van der Waals surface area contributed by atoms with E-state index in [9.17, 15) is 14.9 Å². The Morgan fingerprint density at radius 3 is 2.41 bits per heavy atom. The number of nitrogens with zero attached hydrogens (tertiary/aromatic N) is 7. The molecule has 0 spiro atoms. The number of pyridine rings is 1. The van der Waals surface area contributed by atoms with Crippen LogP contribution in [-0.4, -0.2) is 61.2 Å². The lowest BCUT2D eigenvalue weighted by molar-refractivity contribution is -0.384. The summed E-state index contributed by atoms with van der Waals surface area (Å²) in [5.74, 6) is 0.638. The number of anilines is 1. The molecule has 3 heterocycles. The number of nitrogens with one attached hydrogen (secondary N) is 1. The molecule has 2 aromatic carbocycles. The van der Waals surface area contributed by atoms with Crippen LogP contribution in [0, 0.1) is 24.0 Å². The summed E-state index contributed by atoms with van der Waals surface area (Å²) in [5, 5.41) is 24.9. The lowest BCUT2D eigenvalue weighted by Gasteiger charge is -2.40. The largest absolute Gasteiger partial charge is 0.369 e. The van der Waals surface area contributed by atoms with Crippen LogP contribution in [0.1, 0.15) is 55.7 Å². The second kappa shape index (κ2) is 10.2. The molecule has 1 fully saturated rings. The third kappa shape index (κ3) is 4.89. The molecule has 1 aliphatic rings. The molecule has 0 unspecified atom stereocenters. The quantitative estimate of drug-likeness (QED) is 0.280. The van der Waals surface area contributed by atoms with Crippen LogP contribution in [0.3, 0.4) is 0 Å². The SMILES string of the molecule is CCC(C)(C)n1nnnc1[C@H](c1cc2ccc(C)c(C)c2[nH]c1=O)N1CCN(c2ccc([N+](=O)[O-])cc2)CC1. The Morgan fingerprint density at radius 2 is 1.77 bits per heavy atom. The summed E-state index contributed by atoms with van der Waals surface area (Å²) in [6.45, 7) is 13.0. The highest BCUT2D eigenvalue weighted by Crippen LogP contribution is 2.32. The standard InChI is InChI=1S/C28H34N8O3/c1-6-28(4,5)35-26(30-31-32-35)25(23-17-20-8-7-18(2)19(3)24(20)29-27(23)37)34-15-13-33(14-16-34)21-9-11-22(12-10-21)36(38)39/h7-12,17,25H,6,13-16H2,1-5H3,(H,29,37)/t25-/m0/s1. The first kappa shape index (κ1) is 26.5. The molecule has 2 aromatic heterocycles. The number of fused-ring (bicyclic) bond motifs is 1. The molecule has 39 heavy (non-hydrogen) atoms. The fraction of sp³-hybridized carbons (Fsp3) is 0.429. The molecule has 0 bridgehead atoms. The Morgan fingerprint density at radius 1 is 1.08 bits per heavy atom. The van der Waals surface area contributed by atoms with Crippen molar-refractivity contribution in [2.24, 2.45) is 0 Å². The number of benzene rings is 2. The van der Waals surface area contributed by atoms with Crippen molar-refractivity contribution in [2.75, 3.05) is 31.1 Å². The molecule has 11 nitrogen and oxygen atoms in total. The van der Waals surface area contributed by atoms with E-state index in [-0.39, 0.29) is 16.8 Å². The summed E-state index contributed by atoms with van der Waals surface area (Å²) in [4.78, 5) is 31.9. The Kier molecular flexibility index (Phi) is 6.94. The molecule has 4 aromatic rings. The van der Waals surface area contributed by atoms with Gasteiger partial charge in [-0.05, 0) is 79.3 Å². The number of aromatic amines is 1. The van der Waals surface area contributed by atoms with Crippen molar-refractivity contribution in [1.82, 2.24) is 30.1 Å². The van der Waals surface area contributed by atoms with E-state index in [1.54, 1.807) is 12.1 Å². The van der Waals surface area contributed by atoms with Crippen LogP contribution in [0.2, 0.25) is 0 Å². The molecule has 0 radical (unpaired) electrons. The number of aryl methyl sites for hydroxylation is 2. The van der Waals surface area contributed by atoms with Gasteiger partial charge in [-0.15, -0.1) is 5.10 Å². The monoisotopic (exact) mass is 530 g/mol. The molecule has 1 atom stereocenters. The normalized spacial score (nSPS) is 15.6. The van der Waals surface area contributed by atoms with E-state index in [4.69, 9.17) is 0 Å². The minimum atomic E-state index is -0.445. The highest BCUT2D eigenvalue weighted by atomic mass is 16.6. The maximum Gasteiger partial charge on any atom is 0.269 e. The van der Waals surface area contributed by atoms with Crippen molar-refractivity contribution in [2.45, 2.75) is 52.6 Å². The first-order valence-electron chi connectivity index (χ1n) is 13.3. The molecule has 0 aliphatic carbocycles. The Hall–Kier alpha value is -4.12. The van der Waals surface area contributed by atoms with Crippen molar-refractivity contribution in [3.63, 3.8) is 0 Å². The van der Waals surface area contributed by atoms with E-state index in [0.717, 1.165) is 34.1 Å². The van der Waals surface area contributed by atoms with Gasteiger partial charge < -0.3 is 9.88 Å². The molecule has 1 N–H and O–H groups in total. The van der Waals surface area contributed by atoms with Crippen LogP contribution in [-0.2, 0) is 5.54 Å². The lowest BCUT2D eigenvalue weighted by atomic mass is 9.97. The number of piperazine rings is 1. The van der Waals surface area contributed by atoms with E-state index < -0.39 is 11.0 Å². The van der Waals surface area contributed by atoms with Gasteiger partial charge in [-0.2, -0.15) is 0 Å². The van der Waals surface area contributed by atoms with Gasteiger partial charge in [0.1, 0.15) is 6.04 Å². The van der Waals surface area contributed by atoms with Crippen LogP contribution >= 0.6 is 0 Å². The second-order valence-corrected chi connectivity index (χ2v) is 10.8. The topological polar surface area (TPSA) is 126 Å². The number of nitro benzene ring substituents is 1. The number of tetrazole rings is 1. The zero-order valence-electron chi connectivity index (χ0n) is 23.0. The number of rotatable bonds is 7. The minimum absolute atomic E-state index is 0.0729. The van der Waals surface area contributed by atoms with E-state index >= 15 is 0 Å². The molecular weight excluding hydrogens is 496 g/mol. The smallest absolute Gasteiger partial charge is 0.269 e. The molecule has 11 heteroatoms. The molecule has 0 amide bonds. The first-order valence-corrected chi connectivity index (χ1v) is 13.3. The predicted molar refractivity (Wildman–Crippen MR) is 150 cm³/mol. The van der Waals surface area contributed by atoms with Crippen LogP contribution in [0.25, 0.3) is 10.9 Å². The maximum atomic E-state index is 13.7. The number of H-pyrrole nitrogens is 1. The summed E-state index contributed by atoms with van der Waals surface area (Å²) < 4.78 is 1.85. The summed E-state index contributed by atoms with van der Waals surface area (Å²) in [7, 11) is 0. The van der Waals surface area contributed by atoms with E-state index in [0.29, 0.717) is 37.6 Å². The van der Waals surface area contributed by atoms with Gasteiger partial charge in [0.2, 0.25) is 0 Å². The predicted octanol–water partition coefficient (Wildman–Crippen LogP) is 4.10. The van der Waals surface area contributed by atoms with Gasteiger partial charge in [-0.1, -0.05) is 19.1 Å². The van der Waals surface area contributed by atoms with E-state index in [2.05, 4.69) is 57.1 Å². The fourth-order valence-corrected chi connectivity index (χ4v) is 5.21. The average molecular weight is 531 g/mol. The number of hydrogen-bond acceptors (Lipinski definition) is 8. The van der Waals surface area contributed by atoms with Gasteiger partial charge in [-0.3, -0.25) is 19.8 Å². The molecule has 5 rings (SSSR count). The number of hydrogen-bond donors (Lipinski definition) is 1. The van der Waals surface area contributed by atoms with Gasteiger partial charge in [-0.25, -0.2) is 4.68 Å². The number of aromatic nitrogens is 5. The van der Waals surface area contributed by atoms with Gasteiger partial charge in [0.15, 0.2) is 5.82 Å². The van der Waals surface area contributed by atoms with Gasteiger partial charge in [0.05, 0.1) is 16.0 Å². The average Bonchev–Trinajstić information content (AvgIpc) is 3.43. The van der Waals surface area contributed by atoms with Crippen molar-refractivity contribution >= 4 is 22.3 Å². The third-order valence-electron chi connectivity index (χ3n) is 8.16. The van der Waals surface area contributed by atoms with Gasteiger partial charge in [0, 0.05) is 49.6 Å².